The summed E-state index contributed by atoms with van der Waals surface area (Å²) >= 11 is 1.69. The van der Waals surface area contributed by atoms with Gasteiger partial charge in [0.2, 0.25) is 5.91 Å². The molecule has 5 nitrogen and oxygen atoms in total. The van der Waals surface area contributed by atoms with Gasteiger partial charge in [0.15, 0.2) is 0 Å². The van der Waals surface area contributed by atoms with E-state index in [-0.39, 0.29) is 5.91 Å². The normalized spacial score (nSPS) is 16.1. The molecule has 0 atom stereocenters. The Labute approximate surface area is 115 Å². The first kappa shape index (κ1) is 12.3. The highest BCUT2D eigenvalue weighted by Gasteiger charge is 2.21. The van der Waals surface area contributed by atoms with Gasteiger partial charge in [-0.05, 0) is 13.0 Å². The fourth-order valence-corrected chi connectivity index (χ4v) is 3.29. The van der Waals surface area contributed by atoms with Crippen molar-refractivity contribution in [2.75, 3.05) is 31.1 Å². The van der Waals surface area contributed by atoms with Crippen LogP contribution in [0.3, 0.4) is 0 Å². The van der Waals surface area contributed by atoms with Crippen LogP contribution in [0.5, 0.6) is 0 Å². The molecule has 0 spiro atoms. The Balaban J connectivity index is 1.87. The highest BCUT2D eigenvalue weighted by Crippen LogP contribution is 2.30. The van der Waals surface area contributed by atoms with Crippen molar-refractivity contribution >= 4 is 33.3 Å². The van der Waals surface area contributed by atoms with E-state index in [0.29, 0.717) is 0 Å². The quantitative estimate of drug-likeness (QED) is 0.795. The number of aryl methyl sites for hydroxylation is 1. The zero-order valence-corrected chi connectivity index (χ0v) is 11.9. The van der Waals surface area contributed by atoms with E-state index in [1.807, 2.05) is 4.90 Å². The SMILES string of the molecule is CC(=O)N1CCN(c2ncnc3sc(C)cc23)CC1. The zero-order chi connectivity index (χ0) is 13.4. The highest BCUT2D eigenvalue weighted by atomic mass is 32.1. The van der Waals surface area contributed by atoms with Gasteiger partial charge in [-0.15, -0.1) is 11.3 Å². The largest absolute Gasteiger partial charge is 0.352 e. The number of amides is 1. The van der Waals surface area contributed by atoms with E-state index in [4.69, 9.17) is 0 Å². The minimum atomic E-state index is 0.152. The van der Waals surface area contributed by atoms with Crippen molar-refractivity contribution in [1.82, 2.24) is 14.9 Å². The number of aromatic nitrogens is 2. The standard InChI is InChI=1S/C13H16N4OS/c1-9-7-11-12(14-8-15-13(11)19-9)17-5-3-16(4-6-17)10(2)18/h7-8H,3-6H2,1-2H3. The van der Waals surface area contributed by atoms with Crippen LogP contribution >= 0.6 is 11.3 Å². The Kier molecular flexibility index (Phi) is 3.10. The molecule has 100 valence electrons. The molecule has 0 unspecified atom stereocenters. The molecule has 19 heavy (non-hydrogen) atoms. The maximum atomic E-state index is 11.3. The third-order valence-electron chi connectivity index (χ3n) is 3.46. The second-order valence-corrected chi connectivity index (χ2v) is 6.00. The van der Waals surface area contributed by atoms with Gasteiger partial charge in [-0.1, -0.05) is 0 Å². The van der Waals surface area contributed by atoms with Crippen LogP contribution in [0.25, 0.3) is 10.2 Å². The summed E-state index contributed by atoms with van der Waals surface area (Å²) < 4.78 is 0. The summed E-state index contributed by atoms with van der Waals surface area (Å²) in [6.07, 6.45) is 1.63. The number of hydrogen-bond donors (Lipinski definition) is 0. The lowest BCUT2D eigenvalue weighted by atomic mass is 10.2. The van der Waals surface area contributed by atoms with E-state index in [9.17, 15) is 4.79 Å². The molecule has 2 aromatic rings. The van der Waals surface area contributed by atoms with Crippen LogP contribution in [-0.4, -0.2) is 47.0 Å². The Bertz CT molecular complexity index is 616. The fourth-order valence-electron chi connectivity index (χ4n) is 2.45. The second-order valence-electron chi connectivity index (χ2n) is 4.77. The Morgan fingerprint density at radius 1 is 1.26 bits per heavy atom. The van der Waals surface area contributed by atoms with Crippen LogP contribution in [0.2, 0.25) is 0 Å². The molecule has 0 aromatic carbocycles. The highest BCUT2D eigenvalue weighted by molar-refractivity contribution is 7.18. The first-order valence-electron chi connectivity index (χ1n) is 6.37. The number of piperazine rings is 1. The van der Waals surface area contributed by atoms with E-state index in [0.717, 1.165) is 42.2 Å². The first-order valence-corrected chi connectivity index (χ1v) is 7.18. The van der Waals surface area contributed by atoms with E-state index in [2.05, 4.69) is 27.9 Å². The van der Waals surface area contributed by atoms with Gasteiger partial charge in [0, 0.05) is 38.0 Å². The molecule has 3 heterocycles. The third-order valence-corrected chi connectivity index (χ3v) is 4.41. The maximum Gasteiger partial charge on any atom is 0.219 e. The minimum Gasteiger partial charge on any atom is -0.352 e. The minimum absolute atomic E-state index is 0.152. The van der Waals surface area contributed by atoms with Gasteiger partial charge < -0.3 is 9.80 Å². The molecule has 0 aliphatic carbocycles. The van der Waals surface area contributed by atoms with Crippen LogP contribution in [0.15, 0.2) is 12.4 Å². The summed E-state index contributed by atoms with van der Waals surface area (Å²) in [6.45, 7) is 6.92. The number of hydrogen-bond acceptors (Lipinski definition) is 5. The molecule has 1 aliphatic rings. The predicted molar refractivity (Wildman–Crippen MR) is 76.6 cm³/mol. The average Bonchev–Trinajstić information content (AvgIpc) is 2.78. The molecule has 1 saturated heterocycles. The van der Waals surface area contributed by atoms with Crippen molar-refractivity contribution < 1.29 is 4.79 Å². The number of rotatable bonds is 1. The van der Waals surface area contributed by atoms with Gasteiger partial charge in [0.1, 0.15) is 17.0 Å². The van der Waals surface area contributed by atoms with E-state index in [1.165, 1.54) is 4.88 Å². The van der Waals surface area contributed by atoms with Crippen LogP contribution in [0.1, 0.15) is 11.8 Å². The van der Waals surface area contributed by atoms with Gasteiger partial charge in [0.05, 0.1) is 5.39 Å². The monoisotopic (exact) mass is 276 g/mol. The summed E-state index contributed by atoms with van der Waals surface area (Å²) in [6, 6.07) is 2.15. The maximum absolute atomic E-state index is 11.3. The van der Waals surface area contributed by atoms with Crippen molar-refractivity contribution in [3.05, 3.63) is 17.3 Å². The van der Waals surface area contributed by atoms with Crippen LogP contribution < -0.4 is 4.90 Å². The number of carbonyl (C=O) groups is 1. The van der Waals surface area contributed by atoms with Crippen LogP contribution in [0.4, 0.5) is 5.82 Å². The molecular formula is C13H16N4OS. The van der Waals surface area contributed by atoms with Crippen molar-refractivity contribution in [3.63, 3.8) is 0 Å². The number of thiophene rings is 1. The summed E-state index contributed by atoms with van der Waals surface area (Å²) in [5.41, 5.74) is 0. The molecule has 0 saturated carbocycles. The molecule has 1 fully saturated rings. The molecule has 3 rings (SSSR count). The van der Waals surface area contributed by atoms with E-state index in [1.54, 1.807) is 24.6 Å². The number of fused-ring (bicyclic) bond motifs is 1. The van der Waals surface area contributed by atoms with Gasteiger partial charge in [-0.25, -0.2) is 9.97 Å². The summed E-state index contributed by atoms with van der Waals surface area (Å²) in [5.74, 6) is 1.15. The van der Waals surface area contributed by atoms with Crippen LogP contribution in [0, 0.1) is 6.92 Å². The van der Waals surface area contributed by atoms with Crippen molar-refractivity contribution in [1.29, 1.82) is 0 Å². The third kappa shape index (κ3) is 2.28. The summed E-state index contributed by atoms with van der Waals surface area (Å²) in [5, 5.41) is 1.13. The van der Waals surface area contributed by atoms with Crippen LogP contribution in [-0.2, 0) is 4.79 Å². The topological polar surface area (TPSA) is 49.3 Å². The second kappa shape index (κ2) is 4.77. The van der Waals surface area contributed by atoms with Crippen molar-refractivity contribution in [3.8, 4) is 0 Å². The van der Waals surface area contributed by atoms with Gasteiger partial charge in [0.25, 0.3) is 0 Å². The molecule has 1 aliphatic heterocycles. The van der Waals surface area contributed by atoms with E-state index < -0.39 is 0 Å². The smallest absolute Gasteiger partial charge is 0.219 e. The zero-order valence-electron chi connectivity index (χ0n) is 11.1. The number of nitrogens with zero attached hydrogens (tertiary/aromatic N) is 4. The summed E-state index contributed by atoms with van der Waals surface area (Å²) in [7, 11) is 0. The molecule has 0 N–H and O–H groups in total. The fraction of sp³-hybridized carbons (Fsp3) is 0.462. The number of anilines is 1. The molecule has 6 heteroatoms. The lowest BCUT2D eigenvalue weighted by molar-refractivity contribution is -0.129. The molecule has 2 aromatic heterocycles. The van der Waals surface area contributed by atoms with E-state index >= 15 is 0 Å². The molecule has 0 bridgehead atoms. The lowest BCUT2D eigenvalue weighted by Crippen LogP contribution is -2.48. The van der Waals surface area contributed by atoms with Crippen molar-refractivity contribution in [2.24, 2.45) is 0 Å². The first-order chi connectivity index (χ1) is 9.15. The van der Waals surface area contributed by atoms with Gasteiger partial charge in [-0.3, -0.25) is 4.79 Å². The molecular weight excluding hydrogens is 260 g/mol. The van der Waals surface area contributed by atoms with Gasteiger partial charge in [-0.2, -0.15) is 0 Å². The average molecular weight is 276 g/mol. The number of carbonyl (C=O) groups excluding carboxylic acids is 1. The molecule has 1 amide bonds. The summed E-state index contributed by atoms with van der Waals surface area (Å²) in [4.78, 5) is 26.5. The Morgan fingerprint density at radius 2 is 2.00 bits per heavy atom. The Hall–Kier alpha value is -1.69. The Morgan fingerprint density at radius 3 is 2.68 bits per heavy atom. The predicted octanol–water partition coefficient (Wildman–Crippen LogP) is 1.67. The molecule has 0 radical (unpaired) electrons. The van der Waals surface area contributed by atoms with Crippen molar-refractivity contribution in [2.45, 2.75) is 13.8 Å². The van der Waals surface area contributed by atoms with Gasteiger partial charge >= 0.3 is 0 Å². The lowest BCUT2D eigenvalue weighted by Gasteiger charge is -2.35.